The van der Waals surface area contributed by atoms with Gasteiger partial charge in [0.2, 0.25) is 0 Å². The van der Waals surface area contributed by atoms with Crippen molar-refractivity contribution in [1.82, 2.24) is 10.9 Å². The third-order valence-electron chi connectivity index (χ3n) is 3.70. The van der Waals surface area contributed by atoms with Gasteiger partial charge in [-0.2, -0.15) is 0 Å². The summed E-state index contributed by atoms with van der Waals surface area (Å²) in [5, 5.41) is 10.2. The Balaban J connectivity index is 1.62. The smallest absolute Gasteiger partial charge is 0.265 e. The number of hydrogen-bond acceptors (Lipinski definition) is 6. The molecule has 3 N–H and O–H groups in total. The van der Waals surface area contributed by atoms with E-state index in [2.05, 4.69) is 26.8 Å². The first-order valence-electron chi connectivity index (χ1n) is 8.15. The molecule has 0 saturated heterocycles. The molecule has 0 atom stereocenters. The van der Waals surface area contributed by atoms with Crippen molar-refractivity contribution in [1.29, 1.82) is 0 Å². The molecule has 1 aliphatic heterocycles. The maximum absolute atomic E-state index is 12.3. The molecule has 3 rings (SSSR count). The zero-order valence-corrected chi connectivity index (χ0v) is 15.8. The van der Waals surface area contributed by atoms with Gasteiger partial charge >= 0.3 is 0 Å². The normalized spacial score (nSPS) is 12.5. The van der Waals surface area contributed by atoms with Gasteiger partial charge in [-0.25, -0.2) is 5.43 Å². The van der Waals surface area contributed by atoms with Gasteiger partial charge in [-0.05, 0) is 37.3 Å². The summed E-state index contributed by atoms with van der Waals surface area (Å²) in [7, 11) is 0. The predicted molar refractivity (Wildman–Crippen MR) is 98.7 cm³/mol. The predicted octanol–water partition coefficient (Wildman–Crippen LogP) is 2.76. The number of hydrogen-bond donors (Lipinski definition) is 3. The van der Waals surface area contributed by atoms with Crippen LogP contribution in [0.3, 0.4) is 0 Å². The molecule has 0 saturated carbocycles. The lowest BCUT2D eigenvalue weighted by atomic mass is 10.2. The van der Waals surface area contributed by atoms with E-state index in [1.807, 2.05) is 6.92 Å². The Hall–Kier alpha value is -2.45. The Morgan fingerprint density at radius 3 is 2.77 bits per heavy atom. The molecule has 7 nitrogen and oxygen atoms in total. The molecular weight excluding hydrogens is 404 g/mol. The largest absolute Gasteiger partial charge is 0.504 e. The van der Waals surface area contributed by atoms with Crippen LogP contribution in [0.15, 0.2) is 34.8 Å². The lowest BCUT2D eigenvalue weighted by Crippen LogP contribution is -2.36. The van der Waals surface area contributed by atoms with Crippen molar-refractivity contribution >= 4 is 21.8 Å². The minimum absolute atomic E-state index is 0.0381. The highest BCUT2D eigenvalue weighted by atomic mass is 79.9. The first-order chi connectivity index (χ1) is 12.6. The quantitative estimate of drug-likeness (QED) is 0.620. The van der Waals surface area contributed by atoms with E-state index in [4.69, 9.17) is 14.2 Å². The summed E-state index contributed by atoms with van der Waals surface area (Å²) in [4.78, 5) is 12.3. The summed E-state index contributed by atoms with van der Waals surface area (Å²) >= 11 is 3.38. The van der Waals surface area contributed by atoms with Crippen LogP contribution in [0.25, 0.3) is 0 Å². The first-order valence-corrected chi connectivity index (χ1v) is 8.95. The summed E-state index contributed by atoms with van der Waals surface area (Å²) in [6.45, 7) is 3.46. The van der Waals surface area contributed by atoms with Crippen LogP contribution < -0.4 is 25.1 Å². The average Bonchev–Trinajstić information content (AvgIpc) is 2.65. The zero-order valence-electron chi connectivity index (χ0n) is 14.2. The van der Waals surface area contributed by atoms with Gasteiger partial charge in [0.15, 0.2) is 23.0 Å². The first kappa shape index (κ1) is 18.3. The number of halogens is 1. The van der Waals surface area contributed by atoms with Crippen LogP contribution in [-0.4, -0.2) is 30.8 Å². The Labute approximate surface area is 159 Å². The molecule has 0 aromatic heterocycles. The number of carbonyl (C=O) groups is 1. The summed E-state index contributed by atoms with van der Waals surface area (Å²) < 4.78 is 17.1. The summed E-state index contributed by atoms with van der Waals surface area (Å²) in [6, 6.07) is 8.44. The topological polar surface area (TPSA) is 89.1 Å². The molecule has 138 valence electrons. The van der Waals surface area contributed by atoms with Gasteiger partial charge < -0.3 is 19.3 Å². The van der Waals surface area contributed by atoms with Crippen LogP contribution in [-0.2, 0) is 6.54 Å². The van der Waals surface area contributed by atoms with E-state index >= 15 is 0 Å². The van der Waals surface area contributed by atoms with Gasteiger partial charge in [0.05, 0.1) is 6.61 Å². The Kier molecular flexibility index (Phi) is 5.85. The number of hydrazine groups is 1. The number of aromatic hydroxyl groups is 1. The second-order valence-corrected chi connectivity index (χ2v) is 6.43. The molecule has 2 aromatic carbocycles. The van der Waals surface area contributed by atoms with Gasteiger partial charge in [-0.15, -0.1) is 0 Å². The monoisotopic (exact) mass is 422 g/mol. The fourth-order valence-electron chi connectivity index (χ4n) is 2.51. The van der Waals surface area contributed by atoms with Gasteiger partial charge in [0.25, 0.3) is 5.91 Å². The maximum atomic E-state index is 12.3. The number of carbonyl (C=O) groups excluding carboxylic acids is 1. The SMILES string of the molecule is CCOc1cc(Br)cc(CNNC(=O)c2ccc3c(c2)OCCO3)c1O. The summed E-state index contributed by atoms with van der Waals surface area (Å²) in [6.07, 6.45) is 0. The van der Waals surface area contributed by atoms with Crippen molar-refractivity contribution in [3.63, 3.8) is 0 Å². The lowest BCUT2D eigenvalue weighted by Gasteiger charge is -2.18. The van der Waals surface area contributed by atoms with Crippen LogP contribution >= 0.6 is 15.9 Å². The number of benzene rings is 2. The number of fused-ring (bicyclic) bond motifs is 1. The van der Waals surface area contributed by atoms with Gasteiger partial charge in [0, 0.05) is 22.1 Å². The summed E-state index contributed by atoms with van der Waals surface area (Å²) in [5.41, 5.74) is 6.44. The van der Waals surface area contributed by atoms with Crippen LogP contribution in [0.5, 0.6) is 23.0 Å². The highest BCUT2D eigenvalue weighted by molar-refractivity contribution is 9.10. The maximum Gasteiger partial charge on any atom is 0.265 e. The van der Waals surface area contributed by atoms with Crippen molar-refractivity contribution in [2.75, 3.05) is 19.8 Å². The third kappa shape index (κ3) is 4.20. The molecule has 8 heteroatoms. The number of rotatable bonds is 6. The molecule has 0 spiro atoms. The van der Waals surface area contributed by atoms with E-state index in [0.717, 1.165) is 4.47 Å². The third-order valence-corrected chi connectivity index (χ3v) is 4.16. The van der Waals surface area contributed by atoms with Crippen molar-refractivity contribution < 1.29 is 24.1 Å². The van der Waals surface area contributed by atoms with Crippen molar-refractivity contribution in [2.24, 2.45) is 0 Å². The molecule has 0 radical (unpaired) electrons. The molecule has 0 unspecified atom stereocenters. The number of phenolic OH excluding ortho intramolecular Hbond substituents is 1. The molecule has 1 aliphatic rings. The fourth-order valence-corrected chi connectivity index (χ4v) is 2.99. The minimum Gasteiger partial charge on any atom is -0.504 e. The van der Waals surface area contributed by atoms with Gasteiger partial charge in [-0.3, -0.25) is 10.2 Å². The standard InChI is InChI=1S/C18H19BrN2O5/c1-2-24-16-9-13(19)7-12(17(16)22)10-20-21-18(23)11-3-4-14-15(8-11)26-6-5-25-14/h3-4,7-9,20,22H,2,5-6,10H2,1H3,(H,21,23). The van der Waals surface area contributed by atoms with E-state index in [1.165, 1.54) is 0 Å². The van der Waals surface area contributed by atoms with Gasteiger partial charge in [0.1, 0.15) is 13.2 Å². The van der Waals surface area contributed by atoms with Crippen LogP contribution in [0, 0.1) is 0 Å². The van der Waals surface area contributed by atoms with Gasteiger partial charge in [-0.1, -0.05) is 15.9 Å². The fraction of sp³-hybridized carbons (Fsp3) is 0.278. The van der Waals surface area contributed by atoms with E-state index in [9.17, 15) is 9.90 Å². The zero-order chi connectivity index (χ0) is 18.5. The molecule has 0 bridgehead atoms. The lowest BCUT2D eigenvalue weighted by molar-refractivity contribution is 0.0930. The number of amides is 1. The Morgan fingerprint density at radius 2 is 2.00 bits per heavy atom. The van der Waals surface area contributed by atoms with E-state index in [1.54, 1.807) is 30.3 Å². The number of phenols is 1. The van der Waals surface area contributed by atoms with Crippen molar-refractivity contribution in [3.05, 3.63) is 45.9 Å². The molecule has 26 heavy (non-hydrogen) atoms. The van der Waals surface area contributed by atoms with Crippen molar-refractivity contribution in [3.8, 4) is 23.0 Å². The molecule has 0 fully saturated rings. The molecule has 1 heterocycles. The molecule has 1 amide bonds. The molecule has 2 aromatic rings. The minimum atomic E-state index is -0.318. The second kappa shape index (κ2) is 8.29. The molecular formula is C18H19BrN2O5. The molecule has 0 aliphatic carbocycles. The average molecular weight is 423 g/mol. The Bertz CT molecular complexity index is 812. The van der Waals surface area contributed by atoms with E-state index < -0.39 is 0 Å². The Morgan fingerprint density at radius 1 is 1.23 bits per heavy atom. The van der Waals surface area contributed by atoms with Crippen LogP contribution in [0.1, 0.15) is 22.8 Å². The summed E-state index contributed by atoms with van der Waals surface area (Å²) in [5.74, 6) is 1.28. The van der Waals surface area contributed by atoms with Crippen LogP contribution in [0.2, 0.25) is 0 Å². The van der Waals surface area contributed by atoms with E-state index in [-0.39, 0.29) is 18.2 Å². The van der Waals surface area contributed by atoms with Crippen molar-refractivity contribution in [2.45, 2.75) is 13.5 Å². The number of ether oxygens (including phenoxy) is 3. The highest BCUT2D eigenvalue weighted by Gasteiger charge is 2.15. The number of nitrogens with one attached hydrogen (secondary N) is 2. The van der Waals surface area contributed by atoms with Crippen LogP contribution in [0.4, 0.5) is 0 Å². The highest BCUT2D eigenvalue weighted by Crippen LogP contribution is 2.34. The van der Waals surface area contributed by atoms with E-state index in [0.29, 0.717) is 48.2 Å². The second-order valence-electron chi connectivity index (χ2n) is 5.51.